The van der Waals surface area contributed by atoms with Crippen LogP contribution in [-0.2, 0) is 22.4 Å². The smallest absolute Gasteiger partial charge is 0.172 e. The van der Waals surface area contributed by atoms with Crippen LogP contribution in [0, 0.1) is 6.92 Å². The summed E-state index contributed by atoms with van der Waals surface area (Å²) in [5, 5.41) is 4.37. The van der Waals surface area contributed by atoms with Crippen LogP contribution in [0.5, 0.6) is 0 Å². The highest BCUT2D eigenvalue weighted by atomic mass is 16.7. The molecule has 0 radical (unpaired) electrons. The maximum absolute atomic E-state index is 6.01. The molecule has 0 spiro atoms. The second-order valence-corrected chi connectivity index (χ2v) is 3.80. The van der Waals surface area contributed by atoms with E-state index in [1.54, 1.807) is 14.2 Å². The van der Waals surface area contributed by atoms with Gasteiger partial charge in [0.15, 0.2) is 6.29 Å². The lowest BCUT2D eigenvalue weighted by molar-refractivity contribution is -0.116. The number of nitrogens with zero attached hydrogens (tertiary/aromatic N) is 2. The van der Waals surface area contributed by atoms with Crippen LogP contribution in [0.15, 0.2) is 6.07 Å². The highest BCUT2D eigenvalue weighted by Gasteiger charge is 2.18. The quantitative estimate of drug-likeness (QED) is 0.727. The summed E-state index contributed by atoms with van der Waals surface area (Å²) >= 11 is 0. The molecule has 1 atom stereocenters. The molecule has 16 heavy (non-hydrogen) atoms. The standard InChI is InChI=1S/C11H21N3O2/c1-5-14-9(6-8(2)13-14)7-10(12)11(15-3)16-4/h6,10-11H,5,7,12H2,1-4H3. The molecule has 0 saturated carbocycles. The molecule has 0 fully saturated rings. The average Bonchev–Trinajstić information content (AvgIpc) is 2.60. The Bertz CT molecular complexity index is 321. The van der Waals surface area contributed by atoms with Gasteiger partial charge in [-0.15, -0.1) is 0 Å². The van der Waals surface area contributed by atoms with E-state index < -0.39 is 0 Å². The minimum atomic E-state index is -0.375. The van der Waals surface area contributed by atoms with Crippen molar-refractivity contribution in [1.29, 1.82) is 0 Å². The summed E-state index contributed by atoms with van der Waals surface area (Å²) in [4.78, 5) is 0. The van der Waals surface area contributed by atoms with Crippen LogP contribution in [0.4, 0.5) is 0 Å². The maximum atomic E-state index is 6.01. The summed E-state index contributed by atoms with van der Waals surface area (Å²) in [7, 11) is 3.19. The normalized spacial score (nSPS) is 13.4. The predicted octanol–water partition coefficient (Wildman–Crippen LogP) is 0.700. The van der Waals surface area contributed by atoms with E-state index >= 15 is 0 Å². The Balaban J connectivity index is 2.71. The highest BCUT2D eigenvalue weighted by molar-refractivity contribution is 5.10. The molecule has 5 heteroatoms. The fourth-order valence-corrected chi connectivity index (χ4v) is 1.82. The number of nitrogens with two attached hydrogens (primary N) is 1. The molecular formula is C11H21N3O2. The molecule has 92 valence electrons. The number of aromatic nitrogens is 2. The van der Waals surface area contributed by atoms with Gasteiger partial charge in [0.1, 0.15) is 0 Å². The minimum absolute atomic E-state index is 0.184. The van der Waals surface area contributed by atoms with Gasteiger partial charge in [-0.2, -0.15) is 5.10 Å². The number of hydrogen-bond donors (Lipinski definition) is 1. The monoisotopic (exact) mass is 227 g/mol. The van der Waals surface area contributed by atoms with Gasteiger partial charge in [0, 0.05) is 32.9 Å². The first-order valence-corrected chi connectivity index (χ1v) is 5.46. The van der Waals surface area contributed by atoms with Gasteiger partial charge in [-0.05, 0) is 19.9 Å². The van der Waals surface area contributed by atoms with Crippen molar-refractivity contribution >= 4 is 0 Å². The first kappa shape index (κ1) is 13.2. The molecule has 0 bridgehead atoms. The van der Waals surface area contributed by atoms with Crippen molar-refractivity contribution in [3.63, 3.8) is 0 Å². The summed E-state index contributed by atoms with van der Waals surface area (Å²) in [5.74, 6) is 0. The molecule has 0 aromatic carbocycles. The average molecular weight is 227 g/mol. The molecule has 1 unspecified atom stereocenters. The summed E-state index contributed by atoms with van der Waals surface area (Å²) in [6.45, 7) is 4.89. The summed E-state index contributed by atoms with van der Waals surface area (Å²) in [6, 6.07) is 1.86. The molecule has 1 aromatic rings. The highest BCUT2D eigenvalue weighted by Crippen LogP contribution is 2.09. The van der Waals surface area contributed by atoms with E-state index in [0.717, 1.165) is 17.9 Å². The maximum Gasteiger partial charge on any atom is 0.172 e. The third-order valence-electron chi connectivity index (χ3n) is 2.54. The number of rotatable bonds is 6. The molecule has 1 heterocycles. The lowest BCUT2D eigenvalue weighted by Crippen LogP contribution is -2.39. The van der Waals surface area contributed by atoms with Crippen molar-refractivity contribution < 1.29 is 9.47 Å². The molecule has 0 aliphatic heterocycles. The molecular weight excluding hydrogens is 206 g/mol. The van der Waals surface area contributed by atoms with Crippen molar-refractivity contribution in [2.45, 2.75) is 39.1 Å². The summed E-state index contributed by atoms with van der Waals surface area (Å²) < 4.78 is 12.2. The van der Waals surface area contributed by atoms with Gasteiger partial charge in [0.2, 0.25) is 0 Å². The SMILES string of the molecule is CCn1nc(C)cc1CC(N)C(OC)OC. The first-order valence-electron chi connectivity index (χ1n) is 5.46. The van der Waals surface area contributed by atoms with Crippen LogP contribution >= 0.6 is 0 Å². The predicted molar refractivity (Wildman–Crippen MR) is 62.1 cm³/mol. The van der Waals surface area contributed by atoms with E-state index in [4.69, 9.17) is 15.2 Å². The fraction of sp³-hybridized carbons (Fsp3) is 0.727. The topological polar surface area (TPSA) is 62.3 Å². The van der Waals surface area contributed by atoms with Crippen LogP contribution in [-0.4, -0.2) is 36.3 Å². The lowest BCUT2D eigenvalue weighted by Gasteiger charge is -2.21. The van der Waals surface area contributed by atoms with Gasteiger partial charge < -0.3 is 15.2 Å². The number of hydrogen-bond acceptors (Lipinski definition) is 4. The first-order chi connectivity index (χ1) is 7.62. The van der Waals surface area contributed by atoms with E-state index in [0.29, 0.717) is 6.42 Å². The largest absolute Gasteiger partial charge is 0.354 e. The zero-order valence-corrected chi connectivity index (χ0v) is 10.4. The van der Waals surface area contributed by atoms with Crippen molar-refractivity contribution in [3.05, 3.63) is 17.5 Å². The van der Waals surface area contributed by atoms with Crippen molar-refractivity contribution in [2.75, 3.05) is 14.2 Å². The van der Waals surface area contributed by atoms with Gasteiger partial charge in [-0.3, -0.25) is 4.68 Å². The zero-order valence-electron chi connectivity index (χ0n) is 10.4. The van der Waals surface area contributed by atoms with Gasteiger partial charge in [0.25, 0.3) is 0 Å². The molecule has 2 N–H and O–H groups in total. The lowest BCUT2D eigenvalue weighted by atomic mass is 10.1. The van der Waals surface area contributed by atoms with E-state index in [2.05, 4.69) is 12.0 Å². The third-order valence-corrected chi connectivity index (χ3v) is 2.54. The Labute approximate surface area is 96.5 Å². The van der Waals surface area contributed by atoms with Gasteiger partial charge >= 0.3 is 0 Å². The Kier molecular flexibility index (Phi) is 4.92. The Morgan fingerprint density at radius 2 is 2.06 bits per heavy atom. The molecule has 5 nitrogen and oxygen atoms in total. The Morgan fingerprint density at radius 1 is 1.44 bits per heavy atom. The van der Waals surface area contributed by atoms with Crippen molar-refractivity contribution in [3.8, 4) is 0 Å². The van der Waals surface area contributed by atoms with Gasteiger partial charge in [-0.25, -0.2) is 0 Å². The number of methoxy groups -OCH3 is 2. The zero-order chi connectivity index (χ0) is 12.1. The molecule has 1 aromatic heterocycles. The van der Waals surface area contributed by atoms with Crippen LogP contribution in [0.2, 0.25) is 0 Å². The van der Waals surface area contributed by atoms with E-state index in [1.165, 1.54) is 0 Å². The van der Waals surface area contributed by atoms with E-state index in [-0.39, 0.29) is 12.3 Å². The van der Waals surface area contributed by atoms with Crippen LogP contribution in [0.1, 0.15) is 18.3 Å². The van der Waals surface area contributed by atoms with Gasteiger partial charge in [-0.1, -0.05) is 0 Å². The van der Waals surface area contributed by atoms with Crippen LogP contribution < -0.4 is 5.73 Å². The van der Waals surface area contributed by atoms with Crippen molar-refractivity contribution in [1.82, 2.24) is 9.78 Å². The Morgan fingerprint density at radius 3 is 2.56 bits per heavy atom. The molecule has 1 rings (SSSR count). The Hall–Kier alpha value is -0.910. The van der Waals surface area contributed by atoms with Crippen LogP contribution in [0.3, 0.4) is 0 Å². The summed E-state index contributed by atoms with van der Waals surface area (Å²) in [5.41, 5.74) is 8.14. The second-order valence-electron chi connectivity index (χ2n) is 3.80. The fourth-order valence-electron chi connectivity index (χ4n) is 1.82. The molecule has 0 aliphatic rings. The molecule has 0 amide bonds. The second kappa shape index (κ2) is 5.98. The van der Waals surface area contributed by atoms with Crippen molar-refractivity contribution in [2.24, 2.45) is 5.73 Å². The summed E-state index contributed by atoms with van der Waals surface area (Å²) in [6.07, 6.45) is 0.321. The van der Waals surface area contributed by atoms with E-state index in [9.17, 15) is 0 Å². The van der Waals surface area contributed by atoms with E-state index in [1.807, 2.05) is 17.7 Å². The minimum Gasteiger partial charge on any atom is -0.354 e. The number of aryl methyl sites for hydroxylation is 2. The number of ether oxygens (including phenoxy) is 2. The third kappa shape index (κ3) is 3.04. The van der Waals surface area contributed by atoms with Gasteiger partial charge in [0.05, 0.1) is 11.7 Å². The van der Waals surface area contributed by atoms with Crippen LogP contribution in [0.25, 0.3) is 0 Å². The molecule has 0 aliphatic carbocycles. The molecule has 0 saturated heterocycles.